The van der Waals surface area contributed by atoms with Crippen LogP contribution in [-0.2, 0) is 14.3 Å². The van der Waals surface area contributed by atoms with Crippen LogP contribution in [0.15, 0.2) is 108 Å². The zero-order valence-corrected chi connectivity index (χ0v) is 28.2. The minimum atomic E-state index is -0.343. The lowest BCUT2D eigenvalue weighted by Crippen LogP contribution is -2.25. The van der Waals surface area contributed by atoms with Crippen molar-refractivity contribution in [2.45, 2.75) is 33.8 Å². The van der Waals surface area contributed by atoms with Crippen molar-refractivity contribution in [2.24, 2.45) is 0 Å². The van der Waals surface area contributed by atoms with E-state index < -0.39 is 0 Å². The third-order valence-electron chi connectivity index (χ3n) is 9.21. The number of Topliss-reactive ketones (excluding diaryl/α,β-unsaturated/α-hetero) is 2. The molecule has 0 amide bonds. The van der Waals surface area contributed by atoms with Gasteiger partial charge in [-0.25, -0.2) is 9.97 Å². The highest BCUT2D eigenvalue weighted by atomic mass is 16.5. The first-order chi connectivity index (χ1) is 24.3. The van der Waals surface area contributed by atoms with Crippen LogP contribution in [0, 0.1) is 0 Å². The summed E-state index contributed by atoms with van der Waals surface area (Å²) in [6.07, 6.45) is 7.55. The summed E-state index contributed by atoms with van der Waals surface area (Å²) in [7, 11) is 0. The molecular weight excluding hydrogens is 620 g/mol. The number of benzene rings is 2. The maximum absolute atomic E-state index is 14.4. The topological polar surface area (TPSA) is 101 Å². The van der Waals surface area contributed by atoms with Gasteiger partial charge in [0.1, 0.15) is 0 Å². The second-order valence-electron chi connectivity index (χ2n) is 12.9. The molecule has 0 fully saturated rings. The summed E-state index contributed by atoms with van der Waals surface area (Å²) in [6, 6.07) is 30.2. The summed E-state index contributed by atoms with van der Waals surface area (Å²) in [4.78, 5) is 45.7. The number of ketones is 2. The van der Waals surface area contributed by atoms with E-state index in [1.807, 2.05) is 105 Å². The average Bonchev–Trinajstić information content (AvgIpc) is 3.95. The van der Waals surface area contributed by atoms with E-state index in [1.165, 1.54) is 0 Å². The molecule has 7 nitrogen and oxygen atoms in total. The fourth-order valence-electron chi connectivity index (χ4n) is 6.71. The number of aromatic nitrogens is 4. The molecule has 5 heterocycles. The van der Waals surface area contributed by atoms with Crippen LogP contribution in [-0.4, -0.2) is 37.6 Å². The molecule has 50 heavy (non-hydrogen) atoms. The van der Waals surface area contributed by atoms with Crippen LogP contribution in [0.3, 0.4) is 0 Å². The summed E-state index contributed by atoms with van der Waals surface area (Å²) in [5, 5.41) is 0. The number of carbonyl (C=O) groups excluding carboxylic acids is 2. The fraction of sp³-hybridized carbons (Fsp3) is 0.116. The van der Waals surface area contributed by atoms with Crippen LogP contribution < -0.4 is 0 Å². The van der Waals surface area contributed by atoms with Crippen molar-refractivity contribution in [1.29, 1.82) is 0 Å². The molecule has 0 saturated carbocycles. The maximum Gasteiger partial charge on any atom is 0.224 e. The van der Waals surface area contributed by atoms with Crippen molar-refractivity contribution in [3.8, 4) is 22.3 Å². The lowest BCUT2D eigenvalue weighted by atomic mass is 9.85. The molecule has 7 heteroatoms. The fourth-order valence-corrected chi connectivity index (χ4v) is 6.71. The molecule has 2 aliphatic heterocycles. The predicted octanol–water partition coefficient (Wildman–Crippen LogP) is 9.61. The Kier molecular flexibility index (Phi) is 7.60. The molecule has 244 valence electrons. The summed E-state index contributed by atoms with van der Waals surface area (Å²) in [5.41, 5.74) is 11.3. The molecule has 0 saturated heterocycles. The van der Waals surface area contributed by atoms with Crippen molar-refractivity contribution < 1.29 is 14.3 Å². The number of aromatic amines is 2. The second-order valence-corrected chi connectivity index (χ2v) is 12.9. The molecule has 8 bridgehead atoms. The summed E-state index contributed by atoms with van der Waals surface area (Å²) in [6.45, 7) is 7.08. The minimum absolute atomic E-state index is 0.0321. The number of nitrogens with zero attached hydrogens (tertiary/aromatic N) is 2. The normalized spacial score (nSPS) is 14.3. The van der Waals surface area contributed by atoms with E-state index in [0.717, 1.165) is 50.2 Å². The first-order valence-electron chi connectivity index (χ1n) is 16.7. The number of fused-ring (bicyclic) bond motifs is 8. The molecule has 8 rings (SSSR count). The Labute approximate surface area is 289 Å². The number of allylic oxidation sites excluding steroid dienone is 3. The van der Waals surface area contributed by atoms with Crippen molar-refractivity contribution in [2.75, 3.05) is 0 Å². The van der Waals surface area contributed by atoms with E-state index in [-0.39, 0.29) is 29.0 Å². The Morgan fingerprint density at radius 1 is 0.580 bits per heavy atom. The van der Waals surface area contributed by atoms with E-state index in [9.17, 15) is 9.59 Å². The van der Waals surface area contributed by atoms with Gasteiger partial charge >= 0.3 is 0 Å². The van der Waals surface area contributed by atoms with Gasteiger partial charge in [0.25, 0.3) is 0 Å². The number of rotatable bonds is 5. The lowest BCUT2D eigenvalue weighted by Gasteiger charge is -2.23. The molecule has 0 atom stereocenters. The maximum atomic E-state index is 14.4. The highest BCUT2D eigenvalue weighted by molar-refractivity contribution is 6.39. The highest BCUT2D eigenvalue weighted by Crippen LogP contribution is 2.39. The number of H-pyrrole nitrogens is 2. The molecule has 1 aliphatic carbocycles. The molecule has 2 N–H and O–H groups in total. The third kappa shape index (κ3) is 5.33. The van der Waals surface area contributed by atoms with Crippen LogP contribution in [0.1, 0.15) is 56.0 Å². The Bertz CT molecular complexity index is 2490. The van der Waals surface area contributed by atoms with Gasteiger partial charge in [0.05, 0.1) is 34.5 Å². The molecule has 5 aromatic rings. The van der Waals surface area contributed by atoms with Gasteiger partial charge in [0.2, 0.25) is 5.78 Å². The van der Waals surface area contributed by atoms with Gasteiger partial charge in [0.15, 0.2) is 11.5 Å². The van der Waals surface area contributed by atoms with Gasteiger partial charge in [-0.2, -0.15) is 0 Å². The Morgan fingerprint density at radius 2 is 1.10 bits per heavy atom. The van der Waals surface area contributed by atoms with Gasteiger partial charge in [-0.05, 0) is 93.5 Å². The van der Waals surface area contributed by atoms with Gasteiger partial charge in [-0.1, -0.05) is 60.7 Å². The Balaban J connectivity index is 1.57. The summed E-state index contributed by atoms with van der Waals surface area (Å²) in [5.74, 6) is -0.542. The highest BCUT2D eigenvalue weighted by Gasteiger charge is 2.35. The van der Waals surface area contributed by atoms with Gasteiger partial charge in [-0.3, -0.25) is 9.59 Å². The summed E-state index contributed by atoms with van der Waals surface area (Å²) < 4.78 is 6.20. The van der Waals surface area contributed by atoms with Crippen molar-refractivity contribution in [3.05, 3.63) is 136 Å². The van der Waals surface area contributed by atoms with Gasteiger partial charge in [0, 0.05) is 49.9 Å². The quantitative estimate of drug-likeness (QED) is 0.180. The number of hydrogen-bond acceptors (Lipinski definition) is 5. The molecule has 0 spiro atoms. The molecule has 2 aromatic carbocycles. The molecule has 3 aromatic heterocycles. The molecule has 3 aliphatic rings. The second kappa shape index (κ2) is 12.3. The monoisotopic (exact) mass is 654 g/mol. The van der Waals surface area contributed by atoms with Gasteiger partial charge in [-0.15, -0.1) is 0 Å². The first-order valence-corrected chi connectivity index (χ1v) is 16.7. The van der Waals surface area contributed by atoms with Crippen molar-refractivity contribution in [3.63, 3.8) is 0 Å². The number of hydrogen-bond donors (Lipinski definition) is 2. The SMILES string of the molecule is CC1=C(C)C(=O)C(c2c3nc(c(-c4ccccc4)c4ccc(cc5nc(c(-c6ccccc6)c6ccc2[nH]6)C=C5)[nH]4)C=C3)=C(OC(C)C)C1=O. The minimum Gasteiger partial charge on any atom is -0.486 e. The van der Waals surface area contributed by atoms with Crippen molar-refractivity contribution in [1.82, 2.24) is 19.9 Å². The molecule has 0 radical (unpaired) electrons. The molecule has 0 unspecified atom stereocenters. The van der Waals surface area contributed by atoms with Crippen LogP contribution in [0.25, 0.3) is 74.2 Å². The van der Waals surface area contributed by atoms with E-state index in [1.54, 1.807) is 13.8 Å². The van der Waals surface area contributed by atoms with Crippen LogP contribution >= 0.6 is 0 Å². The smallest absolute Gasteiger partial charge is 0.224 e. The molecular formula is C43H34N4O3. The predicted molar refractivity (Wildman–Crippen MR) is 201 cm³/mol. The zero-order valence-electron chi connectivity index (χ0n) is 28.2. The number of carbonyl (C=O) groups is 2. The van der Waals surface area contributed by atoms with Crippen LogP contribution in [0.4, 0.5) is 0 Å². The lowest BCUT2D eigenvalue weighted by molar-refractivity contribution is -0.118. The number of nitrogens with one attached hydrogen (secondary N) is 2. The Hall–Kier alpha value is -6.34. The summed E-state index contributed by atoms with van der Waals surface area (Å²) >= 11 is 0. The van der Waals surface area contributed by atoms with E-state index in [0.29, 0.717) is 33.6 Å². The number of ether oxygens (including phenoxy) is 1. The Morgan fingerprint density at radius 3 is 1.74 bits per heavy atom. The first kappa shape index (κ1) is 31.0. The van der Waals surface area contributed by atoms with E-state index >= 15 is 0 Å². The van der Waals surface area contributed by atoms with Crippen molar-refractivity contribution >= 4 is 63.5 Å². The largest absolute Gasteiger partial charge is 0.486 e. The van der Waals surface area contributed by atoms with Crippen LogP contribution in [0.2, 0.25) is 0 Å². The van der Waals surface area contributed by atoms with E-state index in [2.05, 4.69) is 34.2 Å². The van der Waals surface area contributed by atoms with Gasteiger partial charge < -0.3 is 14.7 Å². The van der Waals surface area contributed by atoms with Crippen LogP contribution in [0.5, 0.6) is 0 Å². The standard InChI is InChI=1S/C43H34N4O3/c1-24(2)50-43-40(41(48)25(3)26(4)42(43)49)39-35-21-19-33(46-35)37(27-11-7-5-8-12-27)31-17-15-29(44-31)23-30-16-18-32(45-30)38(28-13-9-6-10-14-28)34-20-22-36(39)47-34/h5-24,44,47H,1-4H3. The third-order valence-corrected chi connectivity index (χ3v) is 9.21. The zero-order chi connectivity index (χ0) is 34.5. The average molecular weight is 655 g/mol. The van der Waals surface area contributed by atoms with E-state index in [4.69, 9.17) is 14.7 Å².